The number of nitrogens with zero attached hydrogens (tertiary/aromatic N) is 3. The lowest BCUT2D eigenvalue weighted by atomic mass is 9.89. The van der Waals surface area contributed by atoms with Gasteiger partial charge in [-0.1, -0.05) is 35.3 Å². The lowest BCUT2D eigenvalue weighted by molar-refractivity contribution is 0.0642. The Bertz CT molecular complexity index is 1300. The van der Waals surface area contributed by atoms with E-state index in [2.05, 4.69) is 5.10 Å². The van der Waals surface area contributed by atoms with E-state index in [1.54, 1.807) is 37.3 Å². The van der Waals surface area contributed by atoms with Gasteiger partial charge >= 0.3 is 0 Å². The summed E-state index contributed by atoms with van der Waals surface area (Å²) in [5.41, 5.74) is 0.224. The van der Waals surface area contributed by atoms with Gasteiger partial charge in [-0.3, -0.25) is 14.4 Å². The second-order valence-electron chi connectivity index (χ2n) is 7.92. The zero-order valence-corrected chi connectivity index (χ0v) is 19.2. The van der Waals surface area contributed by atoms with Crippen molar-refractivity contribution in [2.24, 2.45) is 5.92 Å². The zero-order chi connectivity index (χ0) is 23.7. The summed E-state index contributed by atoms with van der Waals surface area (Å²) in [5.74, 6) is -1.38. The molecular weight excluding hydrogens is 468 g/mol. The molecule has 1 amide bonds. The molecule has 2 aromatic carbocycles. The van der Waals surface area contributed by atoms with E-state index in [4.69, 9.17) is 23.2 Å². The number of amides is 1. The van der Waals surface area contributed by atoms with Crippen LogP contribution in [0.15, 0.2) is 53.3 Å². The van der Waals surface area contributed by atoms with Crippen molar-refractivity contribution in [1.29, 1.82) is 0 Å². The maximum atomic E-state index is 14.3. The second-order valence-corrected chi connectivity index (χ2v) is 8.74. The highest BCUT2D eigenvalue weighted by Gasteiger charge is 2.30. The van der Waals surface area contributed by atoms with Gasteiger partial charge in [-0.05, 0) is 50.1 Å². The fourth-order valence-corrected chi connectivity index (χ4v) is 4.24. The summed E-state index contributed by atoms with van der Waals surface area (Å²) in [4.78, 5) is 39.9. The summed E-state index contributed by atoms with van der Waals surface area (Å²) in [5, 5.41) is 4.86. The maximum Gasteiger partial charge on any atom is 0.278 e. The van der Waals surface area contributed by atoms with Crippen molar-refractivity contribution in [2.75, 3.05) is 13.1 Å². The SMILES string of the molecule is Cc1cc(=O)c(C(=O)N2CCC(C(=O)c3ccc(Cl)c(Cl)c3)CC2)nn1-c1ccccc1F. The van der Waals surface area contributed by atoms with Crippen LogP contribution >= 0.6 is 23.2 Å². The van der Waals surface area contributed by atoms with Gasteiger partial charge in [0.1, 0.15) is 11.5 Å². The number of aromatic nitrogens is 2. The number of hydrogen-bond donors (Lipinski definition) is 0. The molecule has 0 unspecified atom stereocenters. The predicted octanol–water partition coefficient (Wildman–Crippen LogP) is 4.72. The van der Waals surface area contributed by atoms with Crippen LogP contribution in [0.1, 0.15) is 39.4 Å². The number of carbonyl (C=O) groups is 2. The van der Waals surface area contributed by atoms with Crippen molar-refractivity contribution in [3.63, 3.8) is 0 Å². The van der Waals surface area contributed by atoms with Crippen LogP contribution in [0.25, 0.3) is 5.69 Å². The van der Waals surface area contributed by atoms with Crippen molar-refractivity contribution in [3.8, 4) is 5.69 Å². The van der Waals surface area contributed by atoms with Gasteiger partial charge in [0.25, 0.3) is 5.91 Å². The van der Waals surface area contributed by atoms with Crippen LogP contribution < -0.4 is 5.43 Å². The summed E-state index contributed by atoms with van der Waals surface area (Å²) in [7, 11) is 0. The first-order valence-electron chi connectivity index (χ1n) is 10.4. The van der Waals surface area contributed by atoms with Crippen molar-refractivity contribution < 1.29 is 14.0 Å². The largest absolute Gasteiger partial charge is 0.337 e. The number of rotatable bonds is 4. The number of Topliss-reactive ketones (excluding diaryl/α,β-unsaturated/α-hetero) is 1. The smallest absolute Gasteiger partial charge is 0.278 e. The number of likely N-dealkylation sites (tertiary alicyclic amines) is 1. The van der Waals surface area contributed by atoms with Gasteiger partial charge in [0.15, 0.2) is 11.5 Å². The molecule has 2 heterocycles. The monoisotopic (exact) mass is 487 g/mol. The number of carbonyl (C=O) groups excluding carboxylic acids is 2. The minimum Gasteiger partial charge on any atom is -0.337 e. The van der Waals surface area contributed by atoms with E-state index in [0.29, 0.717) is 47.2 Å². The molecule has 1 fully saturated rings. The Hall–Kier alpha value is -3.03. The number of halogens is 3. The van der Waals surface area contributed by atoms with Crippen molar-refractivity contribution in [2.45, 2.75) is 19.8 Å². The Balaban J connectivity index is 1.51. The number of ketones is 1. The predicted molar refractivity (Wildman–Crippen MR) is 124 cm³/mol. The minimum absolute atomic E-state index is 0.0592. The summed E-state index contributed by atoms with van der Waals surface area (Å²) in [6.07, 6.45) is 0.885. The number of para-hydroxylation sites is 1. The summed E-state index contributed by atoms with van der Waals surface area (Å²) in [6, 6.07) is 12.0. The second kappa shape index (κ2) is 9.45. The van der Waals surface area contributed by atoms with E-state index >= 15 is 0 Å². The molecule has 0 spiro atoms. The highest BCUT2D eigenvalue weighted by Crippen LogP contribution is 2.27. The van der Waals surface area contributed by atoms with Gasteiger partial charge in [0, 0.05) is 36.3 Å². The fraction of sp³-hybridized carbons (Fsp3) is 0.250. The van der Waals surface area contributed by atoms with Crippen LogP contribution in [0, 0.1) is 18.7 Å². The lowest BCUT2D eigenvalue weighted by Crippen LogP contribution is -2.42. The molecule has 170 valence electrons. The Morgan fingerprint density at radius 1 is 1.03 bits per heavy atom. The first-order chi connectivity index (χ1) is 15.8. The first kappa shape index (κ1) is 23.1. The van der Waals surface area contributed by atoms with Crippen molar-refractivity contribution >= 4 is 34.9 Å². The molecule has 0 radical (unpaired) electrons. The zero-order valence-electron chi connectivity index (χ0n) is 17.7. The van der Waals surface area contributed by atoms with Gasteiger partial charge in [-0.15, -0.1) is 0 Å². The Kier molecular flexibility index (Phi) is 6.63. The van der Waals surface area contributed by atoms with Crippen molar-refractivity contribution in [1.82, 2.24) is 14.7 Å². The average Bonchev–Trinajstić information content (AvgIpc) is 2.81. The van der Waals surface area contributed by atoms with Crippen molar-refractivity contribution in [3.05, 3.63) is 91.6 Å². The first-order valence-corrected chi connectivity index (χ1v) is 11.2. The number of hydrogen-bond acceptors (Lipinski definition) is 4. The van der Waals surface area contributed by atoms with Crippen LogP contribution in [0.3, 0.4) is 0 Å². The molecular formula is C24H20Cl2FN3O3. The standard InChI is InChI=1S/C24H20Cl2FN3O3/c1-14-12-21(31)22(28-30(14)20-5-3-2-4-19(20)27)24(33)29-10-8-15(9-11-29)23(32)16-6-7-17(25)18(26)13-16/h2-7,12-13,15H,8-11H2,1H3. The molecule has 1 aromatic heterocycles. The molecule has 33 heavy (non-hydrogen) atoms. The molecule has 6 nitrogen and oxygen atoms in total. The molecule has 0 saturated carbocycles. The molecule has 0 N–H and O–H groups in total. The average molecular weight is 488 g/mol. The molecule has 3 aromatic rings. The minimum atomic E-state index is -0.537. The normalized spacial score (nSPS) is 14.4. The van der Waals surface area contributed by atoms with E-state index in [1.165, 1.54) is 27.8 Å². The summed E-state index contributed by atoms with van der Waals surface area (Å²) in [6.45, 7) is 2.21. The van der Waals surface area contributed by atoms with E-state index in [-0.39, 0.29) is 23.1 Å². The Labute approximate surface area is 199 Å². The number of benzene rings is 2. The summed E-state index contributed by atoms with van der Waals surface area (Å²) < 4.78 is 15.5. The molecule has 0 atom stereocenters. The van der Waals surface area contributed by atoms with Gasteiger partial charge in [0.05, 0.1) is 10.0 Å². The molecule has 1 aliphatic heterocycles. The third-order valence-electron chi connectivity index (χ3n) is 5.75. The highest BCUT2D eigenvalue weighted by molar-refractivity contribution is 6.42. The van der Waals surface area contributed by atoms with Crippen LogP contribution in [0.2, 0.25) is 10.0 Å². The van der Waals surface area contributed by atoms with Crippen LogP contribution in [-0.2, 0) is 0 Å². The molecule has 1 saturated heterocycles. The highest BCUT2D eigenvalue weighted by atomic mass is 35.5. The number of piperidine rings is 1. The van der Waals surface area contributed by atoms with Gasteiger partial charge in [0.2, 0.25) is 5.43 Å². The van der Waals surface area contributed by atoms with Crippen LogP contribution in [0.4, 0.5) is 4.39 Å². The fourth-order valence-electron chi connectivity index (χ4n) is 3.94. The van der Waals surface area contributed by atoms with Gasteiger partial charge in [-0.2, -0.15) is 5.10 Å². The molecule has 1 aliphatic rings. The molecule has 0 bridgehead atoms. The Morgan fingerprint density at radius 2 is 1.73 bits per heavy atom. The lowest BCUT2D eigenvalue weighted by Gasteiger charge is -2.31. The molecule has 0 aliphatic carbocycles. The van der Waals surface area contributed by atoms with E-state index in [0.717, 1.165) is 0 Å². The van der Waals surface area contributed by atoms with E-state index < -0.39 is 17.2 Å². The number of aryl methyl sites for hydroxylation is 1. The summed E-state index contributed by atoms with van der Waals surface area (Å²) >= 11 is 11.9. The quantitative estimate of drug-likeness (QED) is 0.499. The van der Waals surface area contributed by atoms with Crippen LogP contribution in [0.5, 0.6) is 0 Å². The van der Waals surface area contributed by atoms with Gasteiger partial charge < -0.3 is 4.90 Å². The molecule has 4 rings (SSSR count). The Morgan fingerprint density at radius 3 is 2.39 bits per heavy atom. The van der Waals surface area contributed by atoms with E-state index in [9.17, 15) is 18.8 Å². The maximum absolute atomic E-state index is 14.3. The van der Waals surface area contributed by atoms with Crippen LogP contribution in [-0.4, -0.2) is 39.5 Å². The van der Waals surface area contributed by atoms with Gasteiger partial charge in [-0.25, -0.2) is 9.07 Å². The third-order valence-corrected chi connectivity index (χ3v) is 6.49. The topological polar surface area (TPSA) is 72.3 Å². The third kappa shape index (κ3) is 4.70. The molecule has 9 heteroatoms. The van der Waals surface area contributed by atoms with E-state index in [1.807, 2.05) is 0 Å².